The van der Waals surface area contributed by atoms with Gasteiger partial charge < -0.3 is 15.4 Å². The normalized spacial score (nSPS) is 17.1. The molecule has 6 heteroatoms. The van der Waals surface area contributed by atoms with Crippen LogP contribution in [0.2, 0.25) is 0 Å². The number of nitrogens with one attached hydrogen (secondary N) is 2. The predicted octanol–water partition coefficient (Wildman–Crippen LogP) is 2.82. The summed E-state index contributed by atoms with van der Waals surface area (Å²) in [5, 5.41) is 6.30. The van der Waals surface area contributed by atoms with Crippen LogP contribution in [0.1, 0.15) is 24.8 Å². The molecule has 1 aromatic carbocycles. The van der Waals surface area contributed by atoms with Gasteiger partial charge in [0.15, 0.2) is 0 Å². The van der Waals surface area contributed by atoms with Gasteiger partial charge in [-0.15, -0.1) is 12.4 Å². The second kappa shape index (κ2) is 9.28. The summed E-state index contributed by atoms with van der Waals surface area (Å²) in [6, 6.07) is 6.35. The lowest BCUT2D eigenvalue weighted by Gasteiger charge is -2.12. The zero-order valence-electron chi connectivity index (χ0n) is 12.2. The molecular formula is C15H22BrClN2O2. The van der Waals surface area contributed by atoms with Crippen molar-refractivity contribution in [2.24, 2.45) is 0 Å². The van der Waals surface area contributed by atoms with Crippen LogP contribution in [0.4, 0.5) is 0 Å². The van der Waals surface area contributed by atoms with Crippen LogP contribution in [-0.2, 0) is 4.79 Å². The van der Waals surface area contributed by atoms with Gasteiger partial charge in [-0.3, -0.25) is 4.79 Å². The molecular weight excluding hydrogens is 356 g/mol. The van der Waals surface area contributed by atoms with Crippen LogP contribution >= 0.6 is 28.3 Å². The van der Waals surface area contributed by atoms with E-state index >= 15 is 0 Å². The van der Waals surface area contributed by atoms with Crippen molar-refractivity contribution in [3.63, 3.8) is 0 Å². The minimum absolute atomic E-state index is 0. The molecule has 2 rings (SSSR count). The van der Waals surface area contributed by atoms with Gasteiger partial charge in [0, 0.05) is 12.6 Å². The van der Waals surface area contributed by atoms with Crippen LogP contribution in [0, 0.1) is 6.92 Å². The third kappa shape index (κ3) is 6.24. The van der Waals surface area contributed by atoms with E-state index in [4.69, 9.17) is 4.74 Å². The van der Waals surface area contributed by atoms with Gasteiger partial charge in [-0.25, -0.2) is 0 Å². The average Bonchev–Trinajstić information content (AvgIpc) is 2.92. The molecule has 1 aromatic rings. The van der Waals surface area contributed by atoms with Crippen LogP contribution in [0.5, 0.6) is 5.75 Å². The second-order valence-corrected chi connectivity index (χ2v) is 5.98. The summed E-state index contributed by atoms with van der Waals surface area (Å²) in [4.78, 5) is 11.7. The number of hydrogen-bond acceptors (Lipinski definition) is 3. The Morgan fingerprint density at radius 1 is 1.52 bits per heavy atom. The molecule has 0 bridgehead atoms. The number of carbonyl (C=O) groups excluding carboxylic acids is 1. The summed E-state index contributed by atoms with van der Waals surface area (Å²) in [5.41, 5.74) is 1.17. The molecule has 2 N–H and O–H groups in total. The van der Waals surface area contributed by atoms with Gasteiger partial charge >= 0.3 is 0 Å². The Labute approximate surface area is 140 Å². The third-order valence-electron chi connectivity index (χ3n) is 3.38. The van der Waals surface area contributed by atoms with Crippen molar-refractivity contribution in [1.82, 2.24) is 10.6 Å². The Bertz CT molecular complexity index is 465. The van der Waals surface area contributed by atoms with Gasteiger partial charge in [0.05, 0.1) is 17.5 Å². The first kappa shape index (κ1) is 18.3. The second-order valence-electron chi connectivity index (χ2n) is 5.13. The van der Waals surface area contributed by atoms with Crippen LogP contribution in [0.3, 0.4) is 0 Å². The van der Waals surface area contributed by atoms with Gasteiger partial charge in [-0.1, -0.05) is 6.07 Å². The summed E-state index contributed by atoms with van der Waals surface area (Å²) in [7, 11) is 0. The van der Waals surface area contributed by atoms with Gasteiger partial charge in [-0.2, -0.15) is 0 Å². The number of halogens is 2. The highest BCUT2D eigenvalue weighted by molar-refractivity contribution is 9.10. The topological polar surface area (TPSA) is 50.4 Å². The first-order valence-electron chi connectivity index (χ1n) is 7.04. The number of benzene rings is 1. The molecule has 118 valence electrons. The Morgan fingerprint density at radius 3 is 3.00 bits per heavy atom. The number of amides is 1. The number of aryl methyl sites for hydroxylation is 1. The Morgan fingerprint density at radius 2 is 2.33 bits per heavy atom. The zero-order chi connectivity index (χ0) is 14.4. The van der Waals surface area contributed by atoms with Crippen LogP contribution in [0.25, 0.3) is 0 Å². The lowest BCUT2D eigenvalue weighted by Crippen LogP contribution is -2.37. The van der Waals surface area contributed by atoms with E-state index in [1.54, 1.807) is 0 Å². The smallest absolute Gasteiger partial charge is 0.223 e. The fraction of sp³-hybridized carbons (Fsp3) is 0.533. The third-order valence-corrected chi connectivity index (χ3v) is 4.00. The number of rotatable bonds is 6. The molecule has 1 atom stereocenters. The van der Waals surface area contributed by atoms with E-state index in [9.17, 15) is 4.79 Å². The molecule has 1 amide bonds. The summed E-state index contributed by atoms with van der Waals surface area (Å²) >= 11 is 3.46. The maximum Gasteiger partial charge on any atom is 0.223 e. The Hall–Kier alpha value is -0.780. The molecule has 0 saturated carbocycles. The van der Waals surface area contributed by atoms with E-state index in [1.807, 2.05) is 25.1 Å². The first-order chi connectivity index (χ1) is 9.65. The van der Waals surface area contributed by atoms with Crippen molar-refractivity contribution >= 4 is 34.2 Å². The number of ether oxygens (including phenoxy) is 1. The van der Waals surface area contributed by atoms with Crippen molar-refractivity contribution in [2.45, 2.75) is 32.2 Å². The van der Waals surface area contributed by atoms with Gasteiger partial charge in [0.25, 0.3) is 0 Å². The molecule has 1 saturated heterocycles. The number of carbonyl (C=O) groups is 1. The highest BCUT2D eigenvalue weighted by Crippen LogP contribution is 2.25. The minimum atomic E-state index is 0. The molecule has 1 aliphatic heterocycles. The van der Waals surface area contributed by atoms with Crippen molar-refractivity contribution < 1.29 is 9.53 Å². The molecule has 0 radical (unpaired) electrons. The highest BCUT2D eigenvalue weighted by atomic mass is 79.9. The Kier molecular flexibility index (Phi) is 8.07. The standard InChI is InChI=1S/C15H21BrN2O2.ClH/c1-11-4-5-14(13(16)9-11)20-8-6-15(19)18-10-12-3-2-7-17-12;/h4-5,9,12,17H,2-3,6-8,10H2,1H3,(H,18,19);1H. The summed E-state index contributed by atoms with van der Waals surface area (Å²) < 4.78 is 6.54. The van der Waals surface area contributed by atoms with E-state index in [0.717, 1.165) is 23.2 Å². The average molecular weight is 378 g/mol. The summed E-state index contributed by atoms with van der Waals surface area (Å²) in [6.07, 6.45) is 2.73. The summed E-state index contributed by atoms with van der Waals surface area (Å²) in [5.74, 6) is 0.822. The van der Waals surface area contributed by atoms with Crippen LogP contribution in [0.15, 0.2) is 22.7 Å². The lowest BCUT2D eigenvalue weighted by molar-refractivity contribution is -0.121. The SMILES string of the molecule is Cc1ccc(OCCC(=O)NCC2CCCN2)c(Br)c1.Cl. The van der Waals surface area contributed by atoms with Gasteiger partial charge in [0.2, 0.25) is 5.91 Å². The fourth-order valence-corrected chi connectivity index (χ4v) is 2.84. The molecule has 0 spiro atoms. The van der Waals surface area contributed by atoms with Crippen LogP contribution in [-0.4, -0.2) is 31.6 Å². The minimum Gasteiger partial charge on any atom is -0.492 e. The Balaban J connectivity index is 0.00000220. The molecule has 1 fully saturated rings. The van der Waals surface area contributed by atoms with Gasteiger partial charge in [-0.05, 0) is 59.9 Å². The van der Waals surface area contributed by atoms with Crippen LogP contribution < -0.4 is 15.4 Å². The maximum absolute atomic E-state index is 11.7. The molecule has 1 heterocycles. The van der Waals surface area contributed by atoms with E-state index in [-0.39, 0.29) is 18.3 Å². The summed E-state index contributed by atoms with van der Waals surface area (Å²) in [6.45, 7) is 4.20. The molecule has 21 heavy (non-hydrogen) atoms. The monoisotopic (exact) mass is 376 g/mol. The van der Waals surface area contributed by atoms with E-state index in [2.05, 4.69) is 26.6 Å². The zero-order valence-corrected chi connectivity index (χ0v) is 14.6. The molecule has 1 unspecified atom stereocenters. The van der Waals surface area contributed by atoms with E-state index in [0.29, 0.717) is 25.6 Å². The van der Waals surface area contributed by atoms with E-state index in [1.165, 1.54) is 12.0 Å². The van der Waals surface area contributed by atoms with Crippen molar-refractivity contribution in [3.05, 3.63) is 28.2 Å². The predicted molar refractivity (Wildman–Crippen MR) is 90.3 cm³/mol. The molecule has 1 aliphatic rings. The quantitative estimate of drug-likeness (QED) is 0.801. The molecule has 0 aliphatic carbocycles. The lowest BCUT2D eigenvalue weighted by atomic mass is 10.2. The van der Waals surface area contributed by atoms with Gasteiger partial charge in [0.1, 0.15) is 5.75 Å². The molecule has 4 nitrogen and oxygen atoms in total. The fourth-order valence-electron chi connectivity index (χ4n) is 2.23. The molecule has 0 aromatic heterocycles. The van der Waals surface area contributed by atoms with Crippen molar-refractivity contribution in [3.8, 4) is 5.75 Å². The maximum atomic E-state index is 11.7. The van der Waals surface area contributed by atoms with Crippen molar-refractivity contribution in [1.29, 1.82) is 0 Å². The van der Waals surface area contributed by atoms with E-state index < -0.39 is 0 Å². The van der Waals surface area contributed by atoms with Crippen molar-refractivity contribution in [2.75, 3.05) is 19.7 Å². The first-order valence-corrected chi connectivity index (χ1v) is 7.83. The number of hydrogen-bond donors (Lipinski definition) is 2. The largest absolute Gasteiger partial charge is 0.492 e. The highest BCUT2D eigenvalue weighted by Gasteiger charge is 2.14.